The number of alkyl halides is 6. The smallest absolute Gasteiger partial charge is 0.426 e. The minimum absolute atomic E-state index is 0.115. The molecule has 0 spiro atoms. The number of halogens is 6. The molecule has 226 valence electrons. The molecule has 0 aliphatic rings. The molecule has 3 rings (SSSR count). The van der Waals surface area contributed by atoms with Gasteiger partial charge in [0, 0.05) is 6.42 Å². The fraction of sp³-hybridized carbons (Fsp3) is 0.333. The van der Waals surface area contributed by atoms with Crippen LogP contribution >= 0.6 is 0 Å². The Hall–Kier alpha value is -4.40. The van der Waals surface area contributed by atoms with Gasteiger partial charge >= 0.3 is 18.4 Å². The summed E-state index contributed by atoms with van der Waals surface area (Å²) in [6.07, 6.45) is -11.0. The van der Waals surface area contributed by atoms with Crippen LogP contribution in [0, 0.1) is 0 Å². The van der Waals surface area contributed by atoms with Gasteiger partial charge in [0.05, 0.1) is 12.3 Å². The maximum Gasteiger partial charge on any atom is 0.426 e. The molecule has 2 atom stereocenters. The van der Waals surface area contributed by atoms with E-state index in [0.29, 0.717) is 11.6 Å². The zero-order valence-electron chi connectivity index (χ0n) is 22.1. The van der Waals surface area contributed by atoms with Crippen molar-refractivity contribution in [2.45, 2.75) is 56.9 Å². The zero-order chi connectivity index (χ0) is 31.1. The van der Waals surface area contributed by atoms with Gasteiger partial charge < -0.3 is 19.0 Å². The van der Waals surface area contributed by atoms with Crippen molar-refractivity contribution >= 4 is 11.8 Å². The topological polar surface area (TPSA) is 120 Å². The summed E-state index contributed by atoms with van der Waals surface area (Å²) in [5.74, 6) is -2.89. The van der Waals surface area contributed by atoms with Gasteiger partial charge in [-0.3, -0.25) is 5.32 Å². The molecule has 0 saturated heterocycles. The SMILES string of the molecule is C=CCCC(OCc1ccccc1)(c1nnc(-c2nc(OC(C)CC=C)c(C(F)(F)F)cc2NC(=O)O)o1)C(F)(F)F. The number of pyridine rings is 1. The Labute approximate surface area is 235 Å². The van der Waals surface area contributed by atoms with E-state index in [-0.39, 0.29) is 12.8 Å². The number of allylic oxidation sites excluding steroid dienone is 1. The van der Waals surface area contributed by atoms with Gasteiger partial charge in [0.25, 0.3) is 11.8 Å². The Bertz CT molecular complexity index is 1390. The zero-order valence-corrected chi connectivity index (χ0v) is 22.1. The number of ether oxygens (including phenoxy) is 2. The van der Waals surface area contributed by atoms with Gasteiger partial charge in [-0.15, -0.1) is 23.4 Å². The van der Waals surface area contributed by atoms with Crippen LogP contribution in [0.4, 0.5) is 36.8 Å². The average Bonchev–Trinajstić information content (AvgIpc) is 3.39. The lowest BCUT2D eigenvalue weighted by Crippen LogP contribution is -2.45. The maximum atomic E-state index is 14.7. The third-order valence-electron chi connectivity index (χ3n) is 5.81. The highest BCUT2D eigenvalue weighted by Gasteiger charge is 2.61. The Morgan fingerprint density at radius 2 is 1.81 bits per heavy atom. The molecule has 15 heteroatoms. The molecule has 9 nitrogen and oxygen atoms in total. The highest BCUT2D eigenvalue weighted by atomic mass is 19.4. The second-order valence-electron chi connectivity index (χ2n) is 8.96. The third-order valence-corrected chi connectivity index (χ3v) is 5.81. The van der Waals surface area contributed by atoms with E-state index in [4.69, 9.17) is 13.9 Å². The van der Waals surface area contributed by atoms with E-state index in [9.17, 15) is 36.2 Å². The van der Waals surface area contributed by atoms with E-state index < -0.39 is 77.8 Å². The molecule has 0 bridgehead atoms. The summed E-state index contributed by atoms with van der Waals surface area (Å²) in [6.45, 7) is 7.85. The predicted molar refractivity (Wildman–Crippen MR) is 137 cm³/mol. The lowest BCUT2D eigenvalue weighted by Gasteiger charge is -2.32. The molecule has 2 N–H and O–H groups in total. The number of nitrogens with one attached hydrogen (secondary N) is 1. The van der Waals surface area contributed by atoms with Gasteiger partial charge in [0.1, 0.15) is 11.7 Å². The second-order valence-corrected chi connectivity index (χ2v) is 8.96. The minimum Gasteiger partial charge on any atom is -0.474 e. The summed E-state index contributed by atoms with van der Waals surface area (Å²) in [5, 5.41) is 18.1. The molecule has 1 aromatic carbocycles. The highest BCUT2D eigenvalue weighted by Crippen LogP contribution is 2.47. The molecule has 0 fully saturated rings. The number of benzene rings is 1. The molecule has 2 heterocycles. The van der Waals surface area contributed by atoms with Gasteiger partial charge in [-0.2, -0.15) is 26.3 Å². The molecule has 1 amide bonds. The third kappa shape index (κ3) is 7.46. The van der Waals surface area contributed by atoms with Crippen molar-refractivity contribution in [3.63, 3.8) is 0 Å². The van der Waals surface area contributed by atoms with Crippen LogP contribution < -0.4 is 10.1 Å². The number of carbonyl (C=O) groups is 1. The Morgan fingerprint density at radius 3 is 2.38 bits per heavy atom. The number of nitrogens with zero attached hydrogens (tertiary/aromatic N) is 3. The summed E-state index contributed by atoms with van der Waals surface area (Å²) in [5.41, 5.74) is -5.70. The monoisotopic (exact) mass is 600 g/mol. The van der Waals surface area contributed by atoms with E-state index in [1.54, 1.807) is 35.6 Å². The number of rotatable bonds is 13. The number of carboxylic acid groups (broad SMARTS) is 1. The normalized spacial score (nSPS) is 14.1. The average molecular weight is 601 g/mol. The quantitative estimate of drug-likeness (QED) is 0.153. The molecule has 3 aromatic rings. The molecule has 0 aliphatic heterocycles. The molecular formula is C27H26F6N4O5. The second kappa shape index (κ2) is 13.1. The predicted octanol–water partition coefficient (Wildman–Crippen LogP) is 7.52. The first-order valence-electron chi connectivity index (χ1n) is 12.3. The Kier molecular flexibility index (Phi) is 9.99. The first-order valence-corrected chi connectivity index (χ1v) is 12.3. The highest BCUT2D eigenvalue weighted by molar-refractivity contribution is 5.88. The van der Waals surface area contributed by atoms with Gasteiger partial charge in [0.2, 0.25) is 11.5 Å². The fourth-order valence-corrected chi connectivity index (χ4v) is 3.79. The molecule has 2 aromatic heterocycles. The van der Waals surface area contributed by atoms with Crippen molar-refractivity contribution in [1.29, 1.82) is 0 Å². The van der Waals surface area contributed by atoms with Crippen LogP contribution in [0.15, 0.2) is 66.1 Å². The molecule has 42 heavy (non-hydrogen) atoms. The summed E-state index contributed by atoms with van der Waals surface area (Å²) in [6, 6.07) is 8.32. The summed E-state index contributed by atoms with van der Waals surface area (Å²) in [7, 11) is 0. The first kappa shape index (κ1) is 32.1. The van der Waals surface area contributed by atoms with Crippen molar-refractivity contribution in [1.82, 2.24) is 15.2 Å². The summed E-state index contributed by atoms with van der Waals surface area (Å²) >= 11 is 0. The van der Waals surface area contributed by atoms with Crippen LogP contribution in [0.25, 0.3) is 11.6 Å². The number of hydrogen-bond donors (Lipinski definition) is 2. The van der Waals surface area contributed by atoms with E-state index in [1.807, 2.05) is 0 Å². The van der Waals surface area contributed by atoms with E-state index in [1.165, 1.54) is 19.1 Å². The Balaban J connectivity index is 2.19. The van der Waals surface area contributed by atoms with Crippen LogP contribution in [0.2, 0.25) is 0 Å². The van der Waals surface area contributed by atoms with Crippen LogP contribution in [0.3, 0.4) is 0 Å². The molecule has 0 aliphatic carbocycles. The van der Waals surface area contributed by atoms with Crippen molar-refractivity contribution in [3.8, 4) is 17.5 Å². The molecule has 0 saturated carbocycles. The summed E-state index contributed by atoms with van der Waals surface area (Å²) < 4.78 is 102. The largest absolute Gasteiger partial charge is 0.474 e. The number of hydrogen-bond acceptors (Lipinski definition) is 7. The van der Waals surface area contributed by atoms with Gasteiger partial charge in [-0.05, 0) is 31.4 Å². The van der Waals surface area contributed by atoms with E-state index in [2.05, 4.69) is 28.3 Å². The minimum atomic E-state index is -5.11. The standard InChI is InChI=1S/C27H26F6N4O5/c1-4-6-13-25(27(31,32)33,40-15-17-11-8-7-9-12-17)23-37-36-22(42-23)20-19(34-24(38)39)14-18(26(28,29)30)21(35-20)41-16(3)10-5-2/h4-5,7-9,11-12,14,16,34H,1-2,6,10,13,15H2,3H3,(H,38,39). The van der Waals surface area contributed by atoms with Gasteiger partial charge in [-0.1, -0.05) is 42.5 Å². The van der Waals surface area contributed by atoms with Crippen molar-refractivity contribution in [3.05, 3.63) is 78.7 Å². The lowest BCUT2D eigenvalue weighted by molar-refractivity contribution is -0.299. The number of aromatic nitrogens is 3. The van der Waals surface area contributed by atoms with Crippen LogP contribution in [0.1, 0.15) is 43.2 Å². The van der Waals surface area contributed by atoms with Crippen LogP contribution in [-0.4, -0.2) is 38.7 Å². The maximum absolute atomic E-state index is 14.7. The van der Waals surface area contributed by atoms with Crippen molar-refractivity contribution in [2.24, 2.45) is 0 Å². The summed E-state index contributed by atoms with van der Waals surface area (Å²) in [4.78, 5) is 15.1. The van der Waals surface area contributed by atoms with Crippen LogP contribution in [0.5, 0.6) is 5.88 Å². The van der Waals surface area contributed by atoms with Crippen molar-refractivity contribution in [2.75, 3.05) is 5.32 Å². The fourth-order valence-electron chi connectivity index (χ4n) is 3.79. The van der Waals surface area contributed by atoms with E-state index in [0.717, 1.165) is 0 Å². The Morgan fingerprint density at radius 1 is 1.12 bits per heavy atom. The number of anilines is 1. The molecule has 2 unspecified atom stereocenters. The van der Waals surface area contributed by atoms with Gasteiger partial charge in [0.15, 0.2) is 5.69 Å². The van der Waals surface area contributed by atoms with Crippen LogP contribution in [-0.2, 0) is 23.1 Å². The van der Waals surface area contributed by atoms with Gasteiger partial charge in [-0.25, -0.2) is 9.78 Å². The first-order chi connectivity index (χ1) is 19.7. The molecule has 0 radical (unpaired) electrons. The lowest BCUT2D eigenvalue weighted by atomic mass is 9.96. The molecular weight excluding hydrogens is 574 g/mol. The van der Waals surface area contributed by atoms with E-state index >= 15 is 0 Å². The number of amides is 1. The van der Waals surface area contributed by atoms with Crippen molar-refractivity contribution < 1.29 is 50.1 Å².